The molecule has 2 heterocycles. The lowest BCUT2D eigenvalue weighted by Crippen LogP contribution is -2.35. The molecule has 2 aromatic carbocycles. The van der Waals surface area contributed by atoms with Crippen LogP contribution in [0.1, 0.15) is 62.3 Å². The first-order valence-electron chi connectivity index (χ1n) is 12.7. The van der Waals surface area contributed by atoms with Crippen molar-refractivity contribution >= 4 is 0 Å². The minimum Gasteiger partial charge on any atom is -0.427 e. The van der Waals surface area contributed by atoms with Gasteiger partial charge in [0.25, 0.3) is 0 Å². The molecule has 0 bridgehead atoms. The zero-order valence-corrected chi connectivity index (χ0v) is 20.8. The number of pyridine rings is 1. The number of benzene rings is 2. The lowest BCUT2D eigenvalue weighted by atomic mass is 9.61. The highest BCUT2D eigenvalue weighted by molar-refractivity contribution is 5.85. The summed E-state index contributed by atoms with van der Waals surface area (Å²) in [6.07, 6.45) is 6.60. The van der Waals surface area contributed by atoms with E-state index in [4.69, 9.17) is 4.98 Å². The van der Waals surface area contributed by atoms with Gasteiger partial charge < -0.3 is 5.21 Å². The molecule has 2 aliphatic carbocycles. The molecule has 0 amide bonds. The molecular formula is C31H32N3O. The quantitative estimate of drug-likeness (QED) is 0.315. The van der Waals surface area contributed by atoms with E-state index in [-0.39, 0.29) is 0 Å². The molecule has 177 valence electrons. The summed E-state index contributed by atoms with van der Waals surface area (Å²) >= 11 is 0. The van der Waals surface area contributed by atoms with Crippen LogP contribution in [-0.4, -0.2) is 19.9 Å². The number of rotatable bonds is 5. The maximum Gasteiger partial charge on any atom is 0.142 e. The number of hydrogen-bond acceptors (Lipinski definition) is 3. The Morgan fingerprint density at radius 3 is 2.29 bits per heavy atom. The van der Waals surface area contributed by atoms with Gasteiger partial charge in [-0.1, -0.05) is 74.9 Å². The van der Waals surface area contributed by atoms with Gasteiger partial charge in [-0.2, -0.15) is 4.73 Å². The van der Waals surface area contributed by atoms with E-state index in [1.165, 1.54) is 41.9 Å². The topological polar surface area (TPSA) is 50.9 Å². The van der Waals surface area contributed by atoms with Crippen LogP contribution in [0.15, 0.2) is 60.7 Å². The van der Waals surface area contributed by atoms with E-state index in [0.717, 1.165) is 57.9 Å². The number of aryl methyl sites for hydroxylation is 2. The molecule has 4 aromatic rings. The first-order valence-corrected chi connectivity index (χ1v) is 12.7. The largest absolute Gasteiger partial charge is 0.427 e. The Labute approximate surface area is 207 Å². The van der Waals surface area contributed by atoms with Crippen LogP contribution in [-0.2, 0) is 18.3 Å². The third-order valence-electron chi connectivity index (χ3n) is 7.92. The van der Waals surface area contributed by atoms with Crippen LogP contribution in [0.4, 0.5) is 0 Å². The Hall–Kier alpha value is -3.40. The van der Waals surface area contributed by atoms with E-state index < -0.39 is 0 Å². The Kier molecular flexibility index (Phi) is 5.28. The van der Waals surface area contributed by atoms with Crippen molar-refractivity contribution in [2.75, 3.05) is 0 Å². The molecule has 0 spiro atoms. The Bertz CT molecular complexity index is 1380. The van der Waals surface area contributed by atoms with Crippen molar-refractivity contribution in [1.82, 2.24) is 14.7 Å². The van der Waals surface area contributed by atoms with Gasteiger partial charge in [-0.25, -0.2) is 4.98 Å². The molecule has 2 aliphatic rings. The number of fused-ring (bicyclic) bond motifs is 3. The second-order valence-electron chi connectivity index (χ2n) is 10.6. The summed E-state index contributed by atoms with van der Waals surface area (Å²) in [6.45, 7) is 6.35. The van der Waals surface area contributed by atoms with Crippen LogP contribution in [0.3, 0.4) is 0 Å². The second kappa shape index (κ2) is 8.37. The predicted octanol–water partition coefficient (Wildman–Crippen LogP) is 7.35. The van der Waals surface area contributed by atoms with Gasteiger partial charge in [0, 0.05) is 16.7 Å². The molecule has 0 atom stereocenters. The zero-order chi connectivity index (χ0) is 24.2. The maximum atomic E-state index is 10.4. The van der Waals surface area contributed by atoms with E-state index in [1.807, 2.05) is 13.0 Å². The summed E-state index contributed by atoms with van der Waals surface area (Å²) in [6, 6.07) is 21.9. The van der Waals surface area contributed by atoms with Gasteiger partial charge >= 0.3 is 0 Å². The number of hydrogen-bond donors (Lipinski definition) is 1. The highest BCUT2D eigenvalue weighted by Gasteiger charge is 2.39. The van der Waals surface area contributed by atoms with Gasteiger partial charge in [0.2, 0.25) is 0 Å². The van der Waals surface area contributed by atoms with Crippen molar-refractivity contribution in [3.8, 4) is 33.6 Å². The molecule has 1 fully saturated rings. The molecule has 35 heavy (non-hydrogen) atoms. The Morgan fingerprint density at radius 1 is 0.886 bits per heavy atom. The van der Waals surface area contributed by atoms with Gasteiger partial charge in [-0.15, -0.1) is 0 Å². The number of aromatic nitrogens is 3. The summed E-state index contributed by atoms with van der Waals surface area (Å²) in [5.74, 6) is 2.13. The summed E-state index contributed by atoms with van der Waals surface area (Å²) in [5, 5.41) is 10.4. The summed E-state index contributed by atoms with van der Waals surface area (Å²) in [4.78, 5) is 9.92. The van der Waals surface area contributed by atoms with Crippen molar-refractivity contribution < 1.29 is 5.21 Å². The van der Waals surface area contributed by atoms with Crippen LogP contribution >= 0.6 is 0 Å². The minimum absolute atomic E-state index is 0.320. The van der Waals surface area contributed by atoms with Crippen LogP contribution in [0.5, 0.6) is 0 Å². The fourth-order valence-corrected chi connectivity index (χ4v) is 6.08. The van der Waals surface area contributed by atoms with Crippen molar-refractivity contribution in [3.05, 3.63) is 89.4 Å². The zero-order valence-electron chi connectivity index (χ0n) is 20.8. The van der Waals surface area contributed by atoms with Gasteiger partial charge in [-0.05, 0) is 67.6 Å². The molecule has 1 N–H and O–H groups in total. The molecule has 1 radical (unpaired) electrons. The molecule has 4 heteroatoms. The van der Waals surface area contributed by atoms with E-state index in [0.29, 0.717) is 11.2 Å². The van der Waals surface area contributed by atoms with Crippen LogP contribution < -0.4 is 0 Å². The minimum atomic E-state index is 0.320. The average molecular weight is 463 g/mol. The molecular weight excluding hydrogens is 430 g/mol. The fraction of sp³-hybridized carbons (Fsp3) is 0.323. The third-order valence-corrected chi connectivity index (χ3v) is 7.92. The monoisotopic (exact) mass is 462 g/mol. The lowest BCUT2D eigenvalue weighted by Gasteiger charge is -2.44. The van der Waals surface area contributed by atoms with Crippen molar-refractivity contribution in [1.29, 1.82) is 0 Å². The first kappa shape index (κ1) is 22.1. The molecule has 4 nitrogen and oxygen atoms in total. The first-order chi connectivity index (χ1) is 16.9. The van der Waals surface area contributed by atoms with Gasteiger partial charge in [-0.3, -0.25) is 4.98 Å². The molecule has 0 aliphatic heterocycles. The van der Waals surface area contributed by atoms with Crippen molar-refractivity contribution in [2.24, 2.45) is 0 Å². The fourth-order valence-electron chi connectivity index (χ4n) is 6.08. The maximum absolute atomic E-state index is 10.4. The lowest BCUT2D eigenvalue weighted by molar-refractivity contribution is 0.170. The Morgan fingerprint density at radius 2 is 1.63 bits per heavy atom. The van der Waals surface area contributed by atoms with E-state index in [9.17, 15) is 5.21 Å². The van der Waals surface area contributed by atoms with E-state index in [2.05, 4.69) is 73.4 Å². The van der Waals surface area contributed by atoms with Crippen molar-refractivity contribution in [3.63, 3.8) is 0 Å². The van der Waals surface area contributed by atoms with Crippen LogP contribution in [0.2, 0.25) is 0 Å². The molecule has 0 unspecified atom stereocenters. The summed E-state index contributed by atoms with van der Waals surface area (Å²) in [5.41, 5.74) is 10.0. The average Bonchev–Trinajstić information content (AvgIpc) is 3.15. The Balaban J connectivity index is 1.47. The number of nitrogens with zero attached hydrogens (tertiary/aromatic N) is 3. The summed E-state index contributed by atoms with van der Waals surface area (Å²) < 4.78 is 1.23. The second-order valence-corrected chi connectivity index (χ2v) is 10.6. The molecule has 2 aromatic heterocycles. The molecule has 6 rings (SSSR count). The summed E-state index contributed by atoms with van der Waals surface area (Å²) in [7, 11) is 0. The van der Waals surface area contributed by atoms with Crippen LogP contribution in [0.25, 0.3) is 33.6 Å². The van der Waals surface area contributed by atoms with Gasteiger partial charge in [0.15, 0.2) is 0 Å². The van der Waals surface area contributed by atoms with Gasteiger partial charge in [0.05, 0.1) is 22.8 Å². The number of imidazole rings is 1. The van der Waals surface area contributed by atoms with Crippen LogP contribution in [0, 0.1) is 12.8 Å². The molecule has 1 saturated carbocycles. The van der Waals surface area contributed by atoms with Gasteiger partial charge in [0.1, 0.15) is 5.82 Å². The van der Waals surface area contributed by atoms with E-state index in [1.54, 1.807) is 0 Å². The highest BCUT2D eigenvalue weighted by atomic mass is 16.5. The van der Waals surface area contributed by atoms with Crippen molar-refractivity contribution in [2.45, 2.75) is 64.7 Å². The third kappa shape index (κ3) is 3.67. The SMILES string of the molecule is C[C](C)CC1(c2ccc(-c3nc4c(cc3-c3ccccc3)-c3nc(C)n(O)c3CC4)cc2)CCC1. The molecule has 0 saturated heterocycles. The smallest absolute Gasteiger partial charge is 0.142 e. The highest BCUT2D eigenvalue weighted by Crippen LogP contribution is 2.49. The van der Waals surface area contributed by atoms with E-state index >= 15 is 0 Å². The predicted molar refractivity (Wildman–Crippen MR) is 140 cm³/mol. The normalized spacial score (nSPS) is 16.0. The standard InChI is InChI=1S/C31H32N3O/c1-20(2)19-31(16-7-17-31)24-12-10-23(11-13-24)29-25(22-8-5-4-6-9-22)18-26-27(33-29)14-15-28-30(26)32-21(3)34(28)35/h4-6,8-13,18,35H,7,14-17,19H2,1-3H3.